The lowest BCUT2D eigenvalue weighted by Gasteiger charge is -2.29. The van der Waals surface area contributed by atoms with Crippen LogP contribution in [0.5, 0.6) is 0 Å². The first kappa shape index (κ1) is 18.9. The zero-order valence-electron chi connectivity index (χ0n) is 16.4. The number of H-pyrrole nitrogens is 1. The Kier molecular flexibility index (Phi) is 4.95. The molecule has 1 amide bonds. The number of rotatable bonds is 3. The lowest BCUT2D eigenvalue weighted by atomic mass is 9.89. The van der Waals surface area contributed by atoms with Crippen LogP contribution in [0.4, 0.5) is 5.69 Å². The van der Waals surface area contributed by atoms with Crippen molar-refractivity contribution in [3.63, 3.8) is 0 Å². The molecule has 0 saturated heterocycles. The number of aromatic amines is 1. The topological polar surface area (TPSA) is 66.1 Å². The van der Waals surface area contributed by atoms with Crippen LogP contribution < -0.4 is 10.5 Å². The number of thioether (sulfide) groups is 1. The molecule has 3 heterocycles. The van der Waals surface area contributed by atoms with Crippen LogP contribution in [-0.4, -0.2) is 28.2 Å². The Balaban J connectivity index is 1.36. The van der Waals surface area contributed by atoms with Gasteiger partial charge < -0.3 is 9.88 Å². The fourth-order valence-corrected chi connectivity index (χ4v) is 6.58. The van der Waals surface area contributed by atoms with Crippen LogP contribution in [0.15, 0.2) is 34.2 Å². The van der Waals surface area contributed by atoms with E-state index in [2.05, 4.69) is 23.0 Å². The van der Waals surface area contributed by atoms with Crippen LogP contribution in [0, 0.1) is 5.92 Å². The second kappa shape index (κ2) is 7.61. The summed E-state index contributed by atoms with van der Waals surface area (Å²) in [6.45, 7) is 3.01. The number of nitrogens with zero attached hydrogens (tertiary/aromatic N) is 2. The molecule has 150 valence electrons. The van der Waals surface area contributed by atoms with E-state index < -0.39 is 0 Å². The van der Waals surface area contributed by atoms with Gasteiger partial charge in [-0.25, -0.2) is 4.98 Å². The number of para-hydroxylation sites is 1. The minimum atomic E-state index is -0.0691. The highest BCUT2D eigenvalue weighted by Crippen LogP contribution is 2.36. The molecule has 5 rings (SSSR count). The number of fused-ring (bicyclic) bond motifs is 4. The zero-order chi connectivity index (χ0) is 20.0. The van der Waals surface area contributed by atoms with Gasteiger partial charge in [-0.1, -0.05) is 36.9 Å². The van der Waals surface area contributed by atoms with E-state index in [1.165, 1.54) is 27.8 Å². The number of carbonyl (C=O) groups is 1. The molecule has 1 aromatic carbocycles. The van der Waals surface area contributed by atoms with E-state index in [9.17, 15) is 9.59 Å². The van der Waals surface area contributed by atoms with Gasteiger partial charge >= 0.3 is 0 Å². The number of aromatic nitrogens is 2. The molecule has 0 radical (unpaired) electrons. The summed E-state index contributed by atoms with van der Waals surface area (Å²) >= 11 is 2.97. The lowest BCUT2D eigenvalue weighted by Crippen LogP contribution is -2.36. The van der Waals surface area contributed by atoms with Gasteiger partial charge in [0.15, 0.2) is 5.16 Å². The van der Waals surface area contributed by atoms with Crippen LogP contribution in [0.1, 0.15) is 35.8 Å². The summed E-state index contributed by atoms with van der Waals surface area (Å²) in [6, 6.07) is 8.10. The van der Waals surface area contributed by atoms with Crippen molar-refractivity contribution >= 4 is 44.9 Å². The molecule has 0 bridgehead atoms. The number of hydrogen-bond acceptors (Lipinski definition) is 5. The molecule has 0 unspecified atom stereocenters. The molecule has 1 aliphatic carbocycles. The second-order valence-electron chi connectivity index (χ2n) is 7.97. The standard InChI is InChI=1S/C22H23N3O2S2/c1-13-8-9-15-17(11-13)29-21-19(15)20(27)23-22(24-21)28-12-18(26)25-10-4-6-14-5-2-3-7-16(14)25/h2-3,5,7,13H,4,6,8-12H2,1H3,(H,23,24,27)/t13-/m0/s1. The molecule has 2 aromatic heterocycles. The third-order valence-corrected chi connectivity index (χ3v) is 7.89. The molecule has 0 spiro atoms. The highest BCUT2D eigenvalue weighted by Gasteiger charge is 2.24. The Hall–Kier alpha value is -2.12. The lowest BCUT2D eigenvalue weighted by molar-refractivity contribution is -0.116. The maximum absolute atomic E-state index is 12.9. The van der Waals surface area contributed by atoms with E-state index in [0.29, 0.717) is 11.1 Å². The fourth-order valence-electron chi connectivity index (χ4n) is 4.40. The molecule has 5 nitrogen and oxygen atoms in total. The maximum Gasteiger partial charge on any atom is 0.260 e. The Labute approximate surface area is 177 Å². The average Bonchev–Trinajstić information content (AvgIpc) is 3.09. The molecule has 0 saturated carbocycles. The monoisotopic (exact) mass is 425 g/mol. The number of hydrogen-bond donors (Lipinski definition) is 1. The van der Waals surface area contributed by atoms with Crippen LogP contribution >= 0.6 is 23.1 Å². The Morgan fingerprint density at radius 2 is 2.21 bits per heavy atom. The average molecular weight is 426 g/mol. The number of amides is 1. The van der Waals surface area contributed by atoms with E-state index in [4.69, 9.17) is 0 Å². The number of thiophene rings is 1. The molecule has 7 heteroatoms. The zero-order valence-corrected chi connectivity index (χ0v) is 18.0. The summed E-state index contributed by atoms with van der Waals surface area (Å²) in [7, 11) is 0. The summed E-state index contributed by atoms with van der Waals surface area (Å²) in [5.74, 6) is 0.989. The number of carbonyl (C=O) groups excluding carboxylic acids is 1. The summed E-state index contributed by atoms with van der Waals surface area (Å²) in [6.07, 6.45) is 5.11. The predicted octanol–water partition coefficient (Wildman–Crippen LogP) is 4.18. The Morgan fingerprint density at radius 1 is 1.34 bits per heavy atom. The smallest absolute Gasteiger partial charge is 0.260 e. The maximum atomic E-state index is 12.9. The highest BCUT2D eigenvalue weighted by molar-refractivity contribution is 7.99. The van der Waals surface area contributed by atoms with Gasteiger partial charge in [-0.05, 0) is 55.2 Å². The predicted molar refractivity (Wildman–Crippen MR) is 119 cm³/mol. The molecule has 1 aliphatic heterocycles. The molecule has 1 atom stereocenters. The molecule has 29 heavy (non-hydrogen) atoms. The largest absolute Gasteiger partial charge is 0.311 e. The van der Waals surface area contributed by atoms with Crippen molar-refractivity contribution < 1.29 is 4.79 Å². The number of nitrogens with one attached hydrogen (secondary N) is 1. The van der Waals surface area contributed by atoms with Gasteiger partial charge in [0.05, 0.1) is 11.1 Å². The normalized spacial score (nSPS) is 18.5. The van der Waals surface area contributed by atoms with Crippen molar-refractivity contribution in [2.45, 2.75) is 44.2 Å². The van der Waals surface area contributed by atoms with Crippen LogP contribution in [0.2, 0.25) is 0 Å². The molecule has 2 aliphatic rings. The van der Waals surface area contributed by atoms with Gasteiger partial charge in [0.1, 0.15) is 4.83 Å². The first-order chi connectivity index (χ1) is 14.1. The van der Waals surface area contributed by atoms with Crippen LogP contribution in [-0.2, 0) is 24.1 Å². The summed E-state index contributed by atoms with van der Waals surface area (Å²) in [4.78, 5) is 37.2. The molecule has 3 aromatic rings. The number of benzene rings is 1. The first-order valence-electron chi connectivity index (χ1n) is 10.2. The van der Waals surface area contributed by atoms with Crippen molar-refractivity contribution in [1.29, 1.82) is 0 Å². The number of aryl methyl sites for hydroxylation is 2. The van der Waals surface area contributed by atoms with Crippen molar-refractivity contribution in [3.05, 3.63) is 50.6 Å². The van der Waals surface area contributed by atoms with Crippen LogP contribution in [0.25, 0.3) is 10.2 Å². The first-order valence-corrected chi connectivity index (χ1v) is 12.0. The van der Waals surface area contributed by atoms with Crippen molar-refractivity contribution in [3.8, 4) is 0 Å². The highest BCUT2D eigenvalue weighted by atomic mass is 32.2. The van der Waals surface area contributed by atoms with Gasteiger partial charge in [0.2, 0.25) is 5.91 Å². The Bertz CT molecular complexity index is 1150. The van der Waals surface area contributed by atoms with Crippen LogP contribution in [0.3, 0.4) is 0 Å². The van der Waals surface area contributed by atoms with Gasteiger partial charge in [-0.15, -0.1) is 11.3 Å². The summed E-state index contributed by atoms with van der Waals surface area (Å²) in [5.41, 5.74) is 3.36. The summed E-state index contributed by atoms with van der Waals surface area (Å²) in [5, 5.41) is 1.30. The third-order valence-electron chi connectivity index (χ3n) is 5.89. The van der Waals surface area contributed by atoms with Crippen molar-refractivity contribution in [1.82, 2.24) is 9.97 Å². The van der Waals surface area contributed by atoms with E-state index in [1.807, 2.05) is 23.1 Å². The van der Waals surface area contributed by atoms with Crippen molar-refractivity contribution in [2.75, 3.05) is 17.2 Å². The van der Waals surface area contributed by atoms with Gasteiger partial charge in [0, 0.05) is 17.1 Å². The Morgan fingerprint density at radius 3 is 3.10 bits per heavy atom. The SMILES string of the molecule is C[C@H]1CCc2c(sc3nc(SCC(=O)N4CCCc5ccccc54)[nH]c(=O)c23)C1. The van der Waals surface area contributed by atoms with E-state index >= 15 is 0 Å². The van der Waals surface area contributed by atoms with Crippen molar-refractivity contribution in [2.24, 2.45) is 5.92 Å². The van der Waals surface area contributed by atoms with E-state index in [1.54, 1.807) is 11.3 Å². The fraction of sp³-hybridized carbons (Fsp3) is 0.409. The minimum Gasteiger partial charge on any atom is -0.311 e. The molecule has 1 N–H and O–H groups in total. The molecular formula is C22H23N3O2S2. The van der Waals surface area contributed by atoms with Gasteiger partial charge in [-0.3, -0.25) is 9.59 Å². The van der Waals surface area contributed by atoms with E-state index in [0.717, 1.165) is 54.6 Å². The second-order valence-corrected chi connectivity index (χ2v) is 10.0. The van der Waals surface area contributed by atoms with E-state index in [-0.39, 0.29) is 17.2 Å². The molecule has 0 fully saturated rings. The third kappa shape index (κ3) is 3.51. The molecular weight excluding hydrogens is 402 g/mol. The number of anilines is 1. The summed E-state index contributed by atoms with van der Waals surface area (Å²) < 4.78 is 0. The van der Waals surface area contributed by atoms with Gasteiger partial charge in [0.25, 0.3) is 5.56 Å². The minimum absolute atomic E-state index is 0.0594. The quantitative estimate of drug-likeness (QED) is 0.505. The van der Waals surface area contributed by atoms with Gasteiger partial charge in [-0.2, -0.15) is 0 Å².